The van der Waals surface area contributed by atoms with Crippen LogP contribution in [0.3, 0.4) is 0 Å². The maximum atomic E-state index is 11.7. The predicted octanol–water partition coefficient (Wildman–Crippen LogP) is 0.0608. The van der Waals surface area contributed by atoms with E-state index >= 15 is 0 Å². The zero-order valence-electron chi connectivity index (χ0n) is 7.41. The van der Waals surface area contributed by atoms with E-state index in [2.05, 4.69) is 0 Å². The van der Waals surface area contributed by atoms with E-state index < -0.39 is 24.1 Å². The van der Waals surface area contributed by atoms with Gasteiger partial charge in [0.05, 0.1) is 4.90 Å². The molecule has 2 rings (SSSR count). The number of hydrogen-bond acceptors (Lipinski definition) is 4. The third kappa shape index (κ3) is 1.48. The number of sulfone groups is 1. The van der Waals surface area contributed by atoms with Gasteiger partial charge in [-0.1, -0.05) is 18.2 Å². The molecule has 0 atom stereocenters. The second kappa shape index (κ2) is 2.91. The van der Waals surface area contributed by atoms with Crippen LogP contribution in [0.5, 0.6) is 0 Å². The second-order valence-corrected chi connectivity index (χ2v) is 6.72. The van der Waals surface area contributed by atoms with Crippen LogP contribution in [-0.2, 0) is 19.9 Å². The Morgan fingerprint density at radius 2 is 1.73 bits per heavy atom. The monoisotopic (exact) mass is 245 g/mol. The highest BCUT2D eigenvalue weighted by atomic mass is 32.3. The van der Waals surface area contributed by atoms with Crippen LogP contribution in [0.25, 0.3) is 6.08 Å². The Labute approximate surface area is 87.2 Å². The molecule has 80 valence electrons. The van der Waals surface area contributed by atoms with E-state index in [0.29, 0.717) is 5.56 Å². The van der Waals surface area contributed by atoms with Gasteiger partial charge in [-0.3, -0.25) is 0 Å². The molecule has 0 fully saturated rings. The molecule has 0 bridgehead atoms. The lowest BCUT2D eigenvalue weighted by atomic mass is 10.2. The highest BCUT2D eigenvalue weighted by molar-refractivity contribution is 8.14. The molecule has 0 aliphatic carbocycles. The lowest BCUT2D eigenvalue weighted by Crippen LogP contribution is -2.19. The molecule has 0 saturated heterocycles. The Morgan fingerprint density at radius 1 is 1.13 bits per heavy atom. The fraction of sp³-hybridized carbons (Fsp3) is 0. The molecule has 0 unspecified atom stereocenters. The minimum Gasteiger partial charge on any atom is -0.224 e. The van der Waals surface area contributed by atoms with Gasteiger partial charge in [-0.25, -0.2) is 22.0 Å². The molecule has 1 aliphatic rings. The average Bonchev–Trinajstić information content (AvgIpc) is 2.39. The third-order valence-electron chi connectivity index (χ3n) is 2.03. The van der Waals surface area contributed by atoms with Crippen LogP contribution >= 0.6 is 0 Å². The van der Waals surface area contributed by atoms with Crippen molar-refractivity contribution in [2.24, 2.45) is 5.14 Å². The summed E-state index contributed by atoms with van der Waals surface area (Å²) in [5.41, 5.74) is 0.349. The molecule has 1 aromatic rings. The van der Waals surface area contributed by atoms with E-state index in [1.54, 1.807) is 6.07 Å². The quantitative estimate of drug-likeness (QED) is 0.757. The third-order valence-corrected chi connectivity index (χ3v) is 5.66. The first-order valence-corrected chi connectivity index (χ1v) is 6.95. The molecule has 0 spiro atoms. The molecule has 15 heavy (non-hydrogen) atoms. The number of hydrogen-bond donors (Lipinski definition) is 1. The first kappa shape index (κ1) is 10.3. The molecule has 0 radical (unpaired) electrons. The number of primary sulfonamides is 1. The van der Waals surface area contributed by atoms with E-state index in [1.807, 2.05) is 0 Å². The summed E-state index contributed by atoms with van der Waals surface area (Å²) in [4.78, 5) is -0.0194. The summed E-state index contributed by atoms with van der Waals surface area (Å²) in [6.45, 7) is 0. The van der Waals surface area contributed by atoms with Crippen LogP contribution < -0.4 is 5.14 Å². The van der Waals surface area contributed by atoms with Gasteiger partial charge in [0.25, 0.3) is 0 Å². The average molecular weight is 245 g/mol. The van der Waals surface area contributed by atoms with Crippen LogP contribution in [0.2, 0.25) is 0 Å². The molecular formula is C8H7NO4S2. The minimum atomic E-state index is -4.20. The topological polar surface area (TPSA) is 94.3 Å². The zero-order chi connectivity index (χ0) is 11.3. The summed E-state index contributed by atoms with van der Waals surface area (Å²) in [6.07, 6.45) is 1.07. The van der Waals surface area contributed by atoms with Crippen LogP contribution in [0.4, 0.5) is 0 Å². The van der Waals surface area contributed by atoms with Crippen molar-refractivity contribution in [2.45, 2.75) is 4.90 Å². The highest BCUT2D eigenvalue weighted by Crippen LogP contribution is 2.34. The van der Waals surface area contributed by atoms with Crippen molar-refractivity contribution in [3.8, 4) is 0 Å². The van der Waals surface area contributed by atoms with Gasteiger partial charge in [0.15, 0.2) is 4.24 Å². The number of sulfonamides is 1. The van der Waals surface area contributed by atoms with Gasteiger partial charge in [0.2, 0.25) is 19.9 Å². The minimum absolute atomic E-state index is 0.0194. The zero-order valence-corrected chi connectivity index (χ0v) is 9.05. The van der Waals surface area contributed by atoms with E-state index in [0.717, 1.165) is 6.08 Å². The number of fused-ring (bicyclic) bond motifs is 1. The molecule has 0 aromatic heterocycles. The van der Waals surface area contributed by atoms with Crippen LogP contribution in [0.1, 0.15) is 5.56 Å². The summed E-state index contributed by atoms with van der Waals surface area (Å²) in [6, 6.07) is 6.01. The van der Waals surface area contributed by atoms with Gasteiger partial charge in [0.1, 0.15) is 0 Å². The molecule has 0 amide bonds. The van der Waals surface area contributed by atoms with E-state index in [9.17, 15) is 16.8 Å². The summed E-state index contributed by atoms with van der Waals surface area (Å²) >= 11 is 0. The Bertz CT molecular complexity index is 656. The van der Waals surface area contributed by atoms with Crippen molar-refractivity contribution in [2.75, 3.05) is 0 Å². The molecule has 1 heterocycles. The molecule has 0 saturated carbocycles. The van der Waals surface area contributed by atoms with Gasteiger partial charge in [-0.05, 0) is 17.7 Å². The molecule has 2 N–H and O–H groups in total. The second-order valence-electron chi connectivity index (χ2n) is 3.05. The largest absolute Gasteiger partial charge is 0.249 e. The van der Waals surface area contributed by atoms with Crippen LogP contribution in [0, 0.1) is 0 Å². The lowest BCUT2D eigenvalue weighted by molar-refractivity contribution is 0.597. The lowest BCUT2D eigenvalue weighted by Gasteiger charge is -2.00. The van der Waals surface area contributed by atoms with Crippen molar-refractivity contribution in [3.05, 3.63) is 34.1 Å². The molecular weight excluding hydrogens is 238 g/mol. The summed E-state index contributed by atoms with van der Waals surface area (Å²) in [5, 5.41) is 4.82. The van der Waals surface area contributed by atoms with Gasteiger partial charge in [0, 0.05) is 0 Å². The van der Waals surface area contributed by atoms with Crippen LogP contribution in [0.15, 0.2) is 33.4 Å². The predicted molar refractivity (Wildman–Crippen MR) is 54.7 cm³/mol. The maximum absolute atomic E-state index is 11.7. The molecule has 5 nitrogen and oxygen atoms in total. The molecule has 1 aliphatic heterocycles. The van der Waals surface area contributed by atoms with Crippen molar-refractivity contribution in [3.63, 3.8) is 0 Å². The number of benzene rings is 1. The van der Waals surface area contributed by atoms with Crippen LogP contribution in [-0.4, -0.2) is 16.8 Å². The summed E-state index contributed by atoms with van der Waals surface area (Å²) in [5.74, 6) is 0. The normalized spacial score (nSPS) is 18.3. The van der Waals surface area contributed by atoms with E-state index in [-0.39, 0.29) is 4.90 Å². The van der Waals surface area contributed by atoms with Gasteiger partial charge in [-0.2, -0.15) is 0 Å². The maximum Gasteiger partial charge on any atom is 0.249 e. The first-order valence-electron chi connectivity index (χ1n) is 3.92. The van der Waals surface area contributed by atoms with Crippen molar-refractivity contribution in [1.29, 1.82) is 0 Å². The fourth-order valence-corrected chi connectivity index (χ4v) is 4.37. The summed E-state index contributed by atoms with van der Waals surface area (Å²) < 4.78 is 44.8. The number of nitrogens with two attached hydrogens (primary N) is 1. The molecule has 7 heteroatoms. The Balaban J connectivity index is 2.82. The van der Waals surface area contributed by atoms with Gasteiger partial charge in [-0.15, -0.1) is 0 Å². The Morgan fingerprint density at radius 3 is 2.27 bits per heavy atom. The fourth-order valence-electron chi connectivity index (χ4n) is 1.39. The van der Waals surface area contributed by atoms with Crippen molar-refractivity contribution in [1.82, 2.24) is 0 Å². The first-order chi connectivity index (χ1) is 6.83. The highest BCUT2D eigenvalue weighted by Gasteiger charge is 2.35. The Kier molecular flexibility index (Phi) is 2.00. The van der Waals surface area contributed by atoms with Gasteiger partial charge < -0.3 is 0 Å². The molecule has 1 aromatic carbocycles. The standard InChI is InChI=1S/C8H7NO4S2/c9-15(12,13)8-5-6-3-1-2-4-7(6)14(8,10)11/h1-5H,(H2,9,12,13). The van der Waals surface area contributed by atoms with Crippen molar-refractivity contribution < 1.29 is 16.8 Å². The van der Waals surface area contributed by atoms with Crippen molar-refractivity contribution >= 4 is 25.9 Å². The smallest absolute Gasteiger partial charge is 0.224 e. The Hall–Kier alpha value is -1.18. The van der Waals surface area contributed by atoms with E-state index in [4.69, 9.17) is 5.14 Å². The SMILES string of the molecule is NS(=O)(=O)C1=Cc2ccccc2S1(=O)=O. The van der Waals surface area contributed by atoms with Gasteiger partial charge >= 0.3 is 0 Å². The summed E-state index contributed by atoms with van der Waals surface area (Å²) in [7, 11) is -8.16. The van der Waals surface area contributed by atoms with E-state index in [1.165, 1.54) is 18.2 Å². The number of rotatable bonds is 1.